The summed E-state index contributed by atoms with van der Waals surface area (Å²) in [5, 5.41) is 10.4. The van der Waals surface area contributed by atoms with Crippen molar-refractivity contribution < 1.29 is 18.1 Å². The van der Waals surface area contributed by atoms with E-state index in [1.165, 1.54) is 83.1 Å². The molecule has 0 aliphatic rings. The summed E-state index contributed by atoms with van der Waals surface area (Å²) in [6, 6.07) is 3.38. The molecule has 5 heteroatoms. The Labute approximate surface area is 191 Å². The highest BCUT2D eigenvalue weighted by atomic mass is 32.2. The van der Waals surface area contributed by atoms with Crippen LogP contribution in [0.25, 0.3) is 0 Å². The number of unbranched alkanes of at least 4 members (excludes halogenated alkanes) is 14. The highest BCUT2D eigenvalue weighted by molar-refractivity contribution is 7.86. The first kappa shape index (κ1) is 28.0. The summed E-state index contributed by atoms with van der Waals surface area (Å²) >= 11 is 0. The number of benzene rings is 1. The molecule has 0 aliphatic heterocycles. The molecule has 31 heavy (non-hydrogen) atoms. The SMILES string of the molecule is CCCCCCCCCCc1cc(CCCCCCCCCC)c(O)c(S(=O)(=O)O)c1. The van der Waals surface area contributed by atoms with Crippen molar-refractivity contribution in [2.45, 2.75) is 134 Å². The minimum absolute atomic E-state index is 0.273. The van der Waals surface area contributed by atoms with Crippen LogP contribution in [-0.2, 0) is 23.0 Å². The number of phenols is 1. The lowest BCUT2D eigenvalue weighted by Gasteiger charge is -2.12. The number of hydrogen-bond acceptors (Lipinski definition) is 3. The second-order valence-electron chi connectivity index (χ2n) is 9.03. The van der Waals surface area contributed by atoms with Gasteiger partial charge in [0.1, 0.15) is 10.6 Å². The Balaban J connectivity index is 2.53. The van der Waals surface area contributed by atoms with Crippen LogP contribution in [-0.4, -0.2) is 18.1 Å². The Kier molecular flexibility index (Phi) is 14.9. The van der Waals surface area contributed by atoms with Crippen molar-refractivity contribution >= 4 is 10.1 Å². The van der Waals surface area contributed by atoms with E-state index < -0.39 is 10.1 Å². The van der Waals surface area contributed by atoms with Crippen LogP contribution in [0.2, 0.25) is 0 Å². The molecule has 1 aromatic rings. The predicted molar refractivity (Wildman–Crippen MR) is 131 cm³/mol. The van der Waals surface area contributed by atoms with Gasteiger partial charge in [-0.1, -0.05) is 110 Å². The van der Waals surface area contributed by atoms with Gasteiger partial charge in [0.05, 0.1) is 0 Å². The summed E-state index contributed by atoms with van der Waals surface area (Å²) in [6.07, 6.45) is 20.8. The Morgan fingerprint density at radius 3 is 1.52 bits per heavy atom. The lowest BCUT2D eigenvalue weighted by molar-refractivity contribution is 0.436. The van der Waals surface area contributed by atoms with Crippen molar-refractivity contribution in [3.05, 3.63) is 23.3 Å². The average Bonchev–Trinajstić information content (AvgIpc) is 2.72. The highest BCUT2D eigenvalue weighted by Gasteiger charge is 2.19. The van der Waals surface area contributed by atoms with Crippen molar-refractivity contribution in [3.63, 3.8) is 0 Å². The summed E-state index contributed by atoms with van der Waals surface area (Å²) in [5.41, 5.74) is 1.54. The van der Waals surface area contributed by atoms with Crippen molar-refractivity contribution in [1.82, 2.24) is 0 Å². The van der Waals surface area contributed by atoms with Gasteiger partial charge >= 0.3 is 0 Å². The van der Waals surface area contributed by atoms with Crippen LogP contribution in [0.3, 0.4) is 0 Å². The molecule has 0 unspecified atom stereocenters. The normalized spacial score (nSPS) is 11.8. The molecule has 180 valence electrons. The monoisotopic (exact) mass is 454 g/mol. The number of aryl methyl sites for hydroxylation is 2. The average molecular weight is 455 g/mol. The summed E-state index contributed by atoms with van der Waals surface area (Å²) in [4.78, 5) is -0.334. The zero-order valence-corrected chi connectivity index (χ0v) is 20.8. The van der Waals surface area contributed by atoms with Gasteiger partial charge in [-0.3, -0.25) is 4.55 Å². The van der Waals surface area contributed by atoms with E-state index in [1.54, 1.807) is 0 Å². The van der Waals surface area contributed by atoms with E-state index in [2.05, 4.69) is 13.8 Å². The number of rotatable bonds is 19. The quantitative estimate of drug-likeness (QED) is 0.164. The Morgan fingerprint density at radius 2 is 1.06 bits per heavy atom. The molecule has 0 aliphatic carbocycles. The molecule has 0 atom stereocenters. The van der Waals surface area contributed by atoms with Gasteiger partial charge in [0.2, 0.25) is 0 Å². The number of hydrogen-bond donors (Lipinski definition) is 2. The molecular formula is C26H46O4S. The molecule has 0 saturated heterocycles. The van der Waals surface area contributed by atoms with Gasteiger partial charge in [0.15, 0.2) is 0 Å². The van der Waals surface area contributed by atoms with Crippen molar-refractivity contribution in [2.24, 2.45) is 0 Å². The molecule has 0 bridgehead atoms. The third-order valence-corrected chi connectivity index (χ3v) is 6.98. The first-order valence-electron chi connectivity index (χ1n) is 12.7. The molecule has 0 aromatic heterocycles. The molecule has 1 aromatic carbocycles. The molecule has 0 saturated carbocycles. The third-order valence-electron chi connectivity index (χ3n) is 6.11. The zero-order chi connectivity index (χ0) is 23.0. The molecule has 2 N–H and O–H groups in total. The zero-order valence-electron chi connectivity index (χ0n) is 20.0. The molecule has 0 heterocycles. The fraction of sp³-hybridized carbons (Fsp3) is 0.769. The lowest BCUT2D eigenvalue weighted by atomic mass is 9.99. The van der Waals surface area contributed by atoms with E-state index in [1.807, 2.05) is 6.07 Å². The fourth-order valence-electron chi connectivity index (χ4n) is 4.17. The first-order chi connectivity index (χ1) is 14.9. The second-order valence-corrected chi connectivity index (χ2v) is 10.4. The maximum absolute atomic E-state index is 11.8. The second kappa shape index (κ2) is 16.5. The standard InChI is InChI=1S/C26H46O4S/c1-3-5-7-9-11-13-15-17-19-23-21-24(26(27)25(22-23)31(28,29)30)20-18-16-14-12-10-8-6-4-2/h21-22,27H,3-20H2,1-2H3,(H,28,29,30). The smallest absolute Gasteiger partial charge is 0.298 e. The Bertz CT molecular complexity index is 698. The summed E-state index contributed by atoms with van der Waals surface area (Å²) in [6.45, 7) is 4.44. The van der Waals surface area contributed by atoms with E-state index in [0.29, 0.717) is 12.0 Å². The van der Waals surface area contributed by atoms with Crippen LogP contribution in [0, 0.1) is 0 Å². The maximum atomic E-state index is 11.8. The Hall–Kier alpha value is -1.07. The van der Waals surface area contributed by atoms with E-state index in [4.69, 9.17) is 0 Å². The van der Waals surface area contributed by atoms with E-state index in [0.717, 1.165) is 37.7 Å². The van der Waals surface area contributed by atoms with Crippen molar-refractivity contribution in [2.75, 3.05) is 0 Å². The fourth-order valence-corrected chi connectivity index (χ4v) is 4.85. The van der Waals surface area contributed by atoms with Gasteiger partial charge in [-0.2, -0.15) is 8.42 Å². The molecule has 0 fully saturated rings. The van der Waals surface area contributed by atoms with Gasteiger partial charge in [-0.25, -0.2) is 0 Å². The van der Waals surface area contributed by atoms with E-state index >= 15 is 0 Å². The first-order valence-corrected chi connectivity index (χ1v) is 14.2. The van der Waals surface area contributed by atoms with Crippen molar-refractivity contribution in [1.29, 1.82) is 0 Å². The van der Waals surface area contributed by atoms with E-state index in [9.17, 15) is 18.1 Å². The Morgan fingerprint density at radius 1 is 0.645 bits per heavy atom. The summed E-state index contributed by atoms with van der Waals surface area (Å²) in [5.74, 6) is -0.273. The molecule has 0 radical (unpaired) electrons. The minimum Gasteiger partial charge on any atom is -0.506 e. The highest BCUT2D eigenvalue weighted by Crippen LogP contribution is 2.31. The van der Waals surface area contributed by atoms with Crippen LogP contribution in [0.15, 0.2) is 17.0 Å². The van der Waals surface area contributed by atoms with Gasteiger partial charge in [0.25, 0.3) is 10.1 Å². The van der Waals surface area contributed by atoms with Crippen LogP contribution in [0.1, 0.15) is 128 Å². The van der Waals surface area contributed by atoms with Gasteiger partial charge in [0, 0.05) is 0 Å². The van der Waals surface area contributed by atoms with Crippen LogP contribution in [0.5, 0.6) is 5.75 Å². The minimum atomic E-state index is -4.42. The van der Waals surface area contributed by atoms with Crippen LogP contribution in [0.4, 0.5) is 0 Å². The van der Waals surface area contributed by atoms with E-state index in [-0.39, 0.29) is 10.6 Å². The lowest BCUT2D eigenvalue weighted by Crippen LogP contribution is -2.03. The van der Waals surface area contributed by atoms with Crippen LogP contribution >= 0.6 is 0 Å². The maximum Gasteiger partial charge on any atom is 0.298 e. The number of phenolic OH excluding ortho intramolecular Hbond substituents is 1. The van der Waals surface area contributed by atoms with Crippen molar-refractivity contribution in [3.8, 4) is 5.75 Å². The van der Waals surface area contributed by atoms with Crippen LogP contribution < -0.4 is 0 Å². The third kappa shape index (κ3) is 12.5. The molecule has 1 rings (SSSR count). The molecule has 4 nitrogen and oxygen atoms in total. The topological polar surface area (TPSA) is 74.6 Å². The largest absolute Gasteiger partial charge is 0.506 e. The molecule has 0 amide bonds. The summed E-state index contributed by atoms with van der Waals surface area (Å²) < 4.78 is 33.1. The number of aromatic hydroxyl groups is 1. The summed E-state index contributed by atoms with van der Waals surface area (Å²) in [7, 11) is -4.42. The molecular weight excluding hydrogens is 408 g/mol. The van der Waals surface area contributed by atoms with Gasteiger partial charge in [-0.05, 0) is 42.9 Å². The van der Waals surface area contributed by atoms with Gasteiger partial charge in [-0.15, -0.1) is 0 Å². The van der Waals surface area contributed by atoms with Gasteiger partial charge < -0.3 is 5.11 Å². The predicted octanol–water partition coefficient (Wildman–Crippen LogP) is 8.01. The molecule has 0 spiro atoms.